The van der Waals surface area contributed by atoms with Gasteiger partial charge in [-0.05, 0) is 44.9 Å². The maximum absolute atomic E-state index is 12.7. The van der Waals surface area contributed by atoms with Crippen molar-refractivity contribution >= 4 is 28.4 Å². The van der Waals surface area contributed by atoms with Crippen LogP contribution in [-0.4, -0.2) is 67.1 Å². The first kappa shape index (κ1) is 22.9. The minimum atomic E-state index is -0.116. The number of urea groups is 1. The van der Waals surface area contributed by atoms with Crippen LogP contribution in [-0.2, 0) is 4.79 Å². The van der Waals surface area contributed by atoms with Crippen LogP contribution >= 0.6 is 11.3 Å². The molecule has 168 valence electrons. The van der Waals surface area contributed by atoms with E-state index in [1.54, 1.807) is 14.2 Å². The van der Waals surface area contributed by atoms with Crippen molar-refractivity contribution in [2.45, 2.75) is 26.7 Å². The molecule has 0 radical (unpaired) electrons. The molecule has 2 heterocycles. The van der Waals surface area contributed by atoms with E-state index < -0.39 is 0 Å². The van der Waals surface area contributed by atoms with Crippen LogP contribution in [0.5, 0.6) is 11.5 Å². The number of likely N-dealkylation sites (tertiary alicyclic amines) is 1. The van der Waals surface area contributed by atoms with E-state index in [4.69, 9.17) is 9.47 Å². The van der Waals surface area contributed by atoms with Gasteiger partial charge in [0.2, 0.25) is 5.91 Å². The molecule has 0 aliphatic carbocycles. The second kappa shape index (κ2) is 10.5. The van der Waals surface area contributed by atoms with Crippen LogP contribution < -0.4 is 14.8 Å². The molecule has 31 heavy (non-hydrogen) atoms. The van der Waals surface area contributed by atoms with Gasteiger partial charge in [0.1, 0.15) is 0 Å². The Bertz CT molecular complexity index is 905. The Morgan fingerprint density at radius 1 is 1.16 bits per heavy atom. The summed E-state index contributed by atoms with van der Waals surface area (Å²) in [7, 11) is 3.19. The summed E-state index contributed by atoms with van der Waals surface area (Å²) >= 11 is 1.39. The zero-order valence-corrected chi connectivity index (χ0v) is 19.3. The van der Waals surface area contributed by atoms with Crippen molar-refractivity contribution in [2.75, 3.05) is 45.7 Å². The summed E-state index contributed by atoms with van der Waals surface area (Å²) in [5.41, 5.74) is 1.65. The lowest BCUT2D eigenvalue weighted by molar-refractivity contribution is -0.121. The van der Waals surface area contributed by atoms with Crippen LogP contribution in [0, 0.1) is 5.92 Å². The number of carbonyl (C=O) groups excluding carboxylic acids is 2. The van der Waals surface area contributed by atoms with E-state index >= 15 is 0 Å². The second-order valence-electron chi connectivity index (χ2n) is 7.31. The van der Waals surface area contributed by atoms with Gasteiger partial charge in [0.25, 0.3) is 0 Å². The fraction of sp³-hybridized carbons (Fsp3) is 0.500. The fourth-order valence-electron chi connectivity index (χ4n) is 3.69. The normalized spacial score (nSPS) is 14.3. The third-order valence-corrected chi connectivity index (χ3v) is 6.34. The molecule has 8 nitrogen and oxygen atoms in total. The Kier molecular flexibility index (Phi) is 7.73. The van der Waals surface area contributed by atoms with Crippen LogP contribution in [0.15, 0.2) is 23.6 Å². The maximum Gasteiger partial charge on any atom is 0.319 e. The van der Waals surface area contributed by atoms with Crippen molar-refractivity contribution in [3.8, 4) is 22.8 Å². The highest BCUT2D eigenvalue weighted by Crippen LogP contribution is 2.33. The molecule has 1 aromatic heterocycles. The van der Waals surface area contributed by atoms with Crippen LogP contribution in [0.25, 0.3) is 11.3 Å². The van der Waals surface area contributed by atoms with Crippen LogP contribution in [0.4, 0.5) is 9.93 Å². The molecule has 1 aliphatic rings. The molecule has 2 aromatic rings. The van der Waals surface area contributed by atoms with Gasteiger partial charge in [0, 0.05) is 43.0 Å². The van der Waals surface area contributed by atoms with Gasteiger partial charge < -0.3 is 24.6 Å². The lowest BCUT2D eigenvalue weighted by Gasteiger charge is -2.34. The predicted octanol–water partition coefficient (Wildman–Crippen LogP) is 3.94. The van der Waals surface area contributed by atoms with E-state index in [-0.39, 0.29) is 17.9 Å². The molecule has 0 atom stereocenters. The van der Waals surface area contributed by atoms with Crippen LogP contribution in [0.2, 0.25) is 0 Å². The first-order valence-corrected chi connectivity index (χ1v) is 11.4. The maximum atomic E-state index is 12.7. The van der Waals surface area contributed by atoms with E-state index in [2.05, 4.69) is 10.3 Å². The Labute approximate surface area is 187 Å². The van der Waals surface area contributed by atoms with E-state index in [0.29, 0.717) is 55.7 Å². The Hall–Kier alpha value is -2.81. The van der Waals surface area contributed by atoms with Gasteiger partial charge in [-0.15, -0.1) is 11.3 Å². The summed E-state index contributed by atoms with van der Waals surface area (Å²) in [5.74, 6) is 1.13. The van der Waals surface area contributed by atoms with E-state index in [9.17, 15) is 9.59 Å². The van der Waals surface area contributed by atoms with Gasteiger partial charge in [0.15, 0.2) is 16.6 Å². The molecular weight excluding hydrogens is 416 g/mol. The van der Waals surface area contributed by atoms with E-state index in [0.717, 1.165) is 11.3 Å². The van der Waals surface area contributed by atoms with E-state index in [1.165, 1.54) is 11.3 Å². The highest BCUT2D eigenvalue weighted by molar-refractivity contribution is 7.14. The largest absolute Gasteiger partial charge is 0.493 e. The van der Waals surface area contributed by atoms with Crippen molar-refractivity contribution in [3.05, 3.63) is 23.6 Å². The summed E-state index contributed by atoms with van der Waals surface area (Å²) < 4.78 is 10.6. The minimum Gasteiger partial charge on any atom is -0.493 e. The number of amides is 3. The highest BCUT2D eigenvalue weighted by atomic mass is 32.1. The third kappa shape index (κ3) is 5.28. The number of hydrogen-bond donors (Lipinski definition) is 1. The molecule has 1 aromatic carbocycles. The fourth-order valence-corrected chi connectivity index (χ4v) is 4.42. The molecular formula is C22H30N4O4S. The highest BCUT2D eigenvalue weighted by Gasteiger charge is 2.29. The molecule has 9 heteroatoms. The number of thiazole rings is 1. The van der Waals surface area contributed by atoms with Gasteiger partial charge in [-0.3, -0.25) is 4.79 Å². The number of nitrogens with zero attached hydrogens (tertiary/aromatic N) is 3. The van der Waals surface area contributed by atoms with Gasteiger partial charge in [-0.25, -0.2) is 9.78 Å². The summed E-state index contributed by atoms with van der Waals surface area (Å²) in [6, 6.07) is 5.66. The smallest absolute Gasteiger partial charge is 0.319 e. The molecule has 0 unspecified atom stereocenters. The van der Waals surface area contributed by atoms with Crippen molar-refractivity contribution in [2.24, 2.45) is 5.92 Å². The zero-order chi connectivity index (χ0) is 22.4. The molecule has 0 bridgehead atoms. The predicted molar refractivity (Wildman–Crippen MR) is 122 cm³/mol. The Morgan fingerprint density at radius 3 is 2.45 bits per heavy atom. The molecule has 0 spiro atoms. The lowest BCUT2D eigenvalue weighted by atomic mass is 9.96. The van der Waals surface area contributed by atoms with Crippen LogP contribution in [0.3, 0.4) is 0 Å². The number of ether oxygens (including phenoxy) is 2. The van der Waals surface area contributed by atoms with Crippen molar-refractivity contribution in [3.63, 3.8) is 0 Å². The van der Waals surface area contributed by atoms with Crippen LogP contribution in [0.1, 0.15) is 26.7 Å². The topological polar surface area (TPSA) is 84.0 Å². The van der Waals surface area contributed by atoms with Crippen molar-refractivity contribution < 1.29 is 19.1 Å². The third-order valence-electron chi connectivity index (χ3n) is 5.58. The first-order valence-electron chi connectivity index (χ1n) is 10.5. The average molecular weight is 447 g/mol. The summed E-state index contributed by atoms with van der Waals surface area (Å²) in [6.07, 6.45) is 1.32. The average Bonchev–Trinajstić information content (AvgIpc) is 3.27. The van der Waals surface area contributed by atoms with Gasteiger partial charge in [0.05, 0.1) is 19.9 Å². The number of benzene rings is 1. The van der Waals surface area contributed by atoms with Gasteiger partial charge in [-0.2, -0.15) is 0 Å². The zero-order valence-electron chi connectivity index (χ0n) is 18.5. The number of anilines is 1. The molecule has 1 fully saturated rings. The molecule has 3 amide bonds. The van der Waals surface area contributed by atoms with Crippen molar-refractivity contribution in [1.82, 2.24) is 14.8 Å². The second-order valence-corrected chi connectivity index (χ2v) is 8.17. The summed E-state index contributed by atoms with van der Waals surface area (Å²) in [6.45, 7) is 6.55. The van der Waals surface area contributed by atoms with Gasteiger partial charge >= 0.3 is 6.03 Å². The Morgan fingerprint density at radius 2 is 1.84 bits per heavy atom. The number of methoxy groups -OCH3 is 2. The quantitative estimate of drug-likeness (QED) is 0.696. The number of aromatic nitrogens is 1. The lowest BCUT2D eigenvalue weighted by Crippen LogP contribution is -2.47. The number of rotatable bonds is 7. The number of hydrogen-bond acceptors (Lipinski definition) is 6. The molecule has 1 aliphatic heterocycles. The summed E-state index contributed by atoms with van der Waals surface area (Å²) in [5, 5.41) is 5.41. The number of nitrogens with one attached hydrogen (secondary N) is 1. The number of piperidine rings is 1. The first-order chi connectivity index (χ1) is 15.0. The number of carbonyl (C=O) groups is 2. The molecule has 1 saturated heterocycles. The monoisotopic (exact) mass is 446 g/mol. The summed E-state index contributed by atoms with van der Waals surface area (Å²) in [4.78, 5) is 33.4. The van der Waals surface area contributed by atoms with E-state index in [1.807, 2.05) is 47.2 Å². The van der Waals surface area contributed by atoms with Crippen molar-refractivity contribution in [1.29, 1.82) is 0 Å². The molecule has 0 saturated carbocycles. The molecule has 1 N–H and O–H groups in total. The standard InChI is InChI=1S/C22H30N4O4S/c1-5-25(6-2)22(28)26-11-9-15(10-12-26)20(27)24-21-23-17(14-31-21)16-7-8-18(29-3)19(13-16)30-4/h7-8,13-15H,5-6,9-12H2,1-4H3,(H,23,24,27). The molecule has 3 rings (SSSR count). The minimum absolute atomic E-state index is 0.0388. The SMILES string of the molecule is CCN(CC)C(=O)N1CCC(C(=O)Nc2nc(-c3ccc(OC)c(OC)c3)cs2)CC1. The Balaban J connectivity index is 1.58. The van der Waals surface area contributed by atoms with Gasteiger partial charge in [-0.1, -0.05) is 0 Å².